The van der Waals surface area contributed by atoms with E-state index in [1.165, 1.54) is 7.11 Å². The topological polar surface area (TPSA) is 114 Å². The first kappa shape index (κ1) is 27.2. The molecule has 0 aromatic heterocycles. The first-order chi connectivity index (χ1) is 19.4. The normalized spacial score (nSPS) is 16.5. The number of hydrogen-bond acceptors (Lipinski definition) is 8. The maximum absolute atomic E-state index is 13.0. The Morgan fingerprint density at radius 1 is 1.02 bits per heavy atom. The van der Waals surface area contributed by atoms with Crippen LogP contribution in [0.4, 0.5) is 10.5 Å². The van der Waals surface area contributed by atoms with Crippen molar-refractivity contribution in [3.8, 4) is 11.5 Å². The summed E-state index contributed by atoms with van der Waals surface area (Å²) < 4.78 is 16.4. The molecule has 2 saturated heterocycles. The number of hydrogen-bond donors (Lipinski definition) is 1. The molecule has 206 valence electrons. The van der Waals surface area contributed by atoms with E-state index in [-0.39, 0.29) is 17.4 Å². The summed E-state index contributed by atoms with van der Waals surface area (Å²) in [6.45, 7) is 1.51. The molecule has 4 amide bonds. The second kappa shape index (κ2) is 12.2. The van der Waals surface area contributed by atoms with Crippen LogP contribution in [0.1, 0.15) is 5.56 Å². The Morgan fingerprint density at radius 2 is 1.80 bits per heavy atom. The highest BCUT2D eigenvalue weighted by molar-refractivity contribution is 8.18. The van der Waals surface area contributed by atoms with Gasteiger partial charge >= 0.3 is 0 Å². The highest BCUT2D eigenvalue weighted by Crippen LogP contribution is 2.34. The van der Waals surface area contributed by atoms with Crippen LogP contribution in [-0.4, -0.2) is 79.3 Å². The minimum absolute atomic E-state index is 0.143. The summed E-state index contributed by atoms with van der Waals surface area (Å²) >= 11 is 0.761. The lowest BCUT2D eigenvalue weighted by Crippen LogP contribution is -2.43. The minimum Gasteiger partial charge on any atom is -0.493 e. The number of benzene rings is 3. The van der Waals surface area contributed by atoms with Crippen molar-refractivity contribution in [1.82, 2.24) is 9.80 Å². The fourth-order valence-corrected chi connectivity index (χ4v) is 5.23. The van der Waals surface area contributed by atoms with Gasteiger partial charge in [-0.2, -0.15) is 0 Å². The average molecular weight is 562 g/mol. The van der Waals surface area contributed by atoms with E-state index in [4.69, 9.17) is 14.2 Å². The lowest BCUT2D eigenvalue weighted by molar-refractivity contribution is -0.137. The fourth-order valence-electron chi connectivity index (χ4n) is 4.39. The number of rotatable bonds is 8. The van der Waals surface area contributed by atoms with Gasteiger partial charge in [-0.25, -0.2) is 0 Å². The lowest BCUT2D eigenvalue weighted by atomic mass is 10.1. The van der Waals surface area contributed by atoms with E-state index in [1.54, 1.807) is 35.2 Å². The number of carbonyl (C=O) groups excluding carboxylic acids is 4. The van der Waals surface area contributed by atoms with Gasteiger partial charge < -0.3 is 24.4 Å². The Bertz CT molecular complexity index is 1490. The van der Waals surface area contributed by atoms with Gasteiger partial charge in [0.25, 0.3) is 17.1 Å². The SMILES string of the molecule is COc1cc(/C=C2\SC(=O)N(CC(=O)Nc3cccc4ccccc34)C2=O)ccc1OCC(=O)N1CCOCC1. The molecule has 3 aromatic rings. The Kier molecular flexibility index (Phi) is 8.32. The highest BCUT2D eigenvalue weighted by Gasteiger charge is 2.36. The summed E-state index contributed by atoms with van der Waals surface area (Å²) in [5, 5.41) is 4.10. The molecule has 3 aromatic carbocycles. The largest absolute Gasteiger partial charge is 0.493 e. The summed E-state index contributed by atoms with van der Waals surface area (Å²) in [6.07, 6.45) is 1.55. The third-order valence-corrected chi connectivity index (χ3v) is 7.35. The number of nitrogens with zero attached hydrogens (tertiary/aromatic N) is 2. The summed E-state index contributed by atoms with van der Waals surface area (Å²) in [5.74, 6) is -0.433. The maximum atomic E-state index is 13.0. The minimum atomic E-state index is -0.557. The number of nitrogens with one attached hydrogen (secondary N) is 1. The number of carbonyl (C=O) groups is 4. The van der Waals surface area contributed by atoms with E-state index in [9.17, 15) is 19.2 Å². The monoisotopic (exact) mass is 561 g/mol. The van der Waals surface area contributed by atoms with Gasteiger partial charge in [-0.05, 0) is 47.0 Å². The quantitative estimate of drug-likeness (QED) is 0.414. The molecule has 11 heteroatoms. The smallest absolute Gasteiger partial charge is 0.294 e. The number of amides is 4. The van der Waals surface area contributed by atoms with Crippen molar-refractivity contribution in [2.24, 2.45) is 0 Å². The summed E-state index contributed by atoms with van der Waals surface area (Å²) in [6, 6.07) is 18.1. The average Bonchev–Trinajstić information content (AvgIpc) is 3.23. The zero-order valence-electron chi connectivity index (χ0n) is 21.8. The van der Waals surface area contributed by atoms with Crippen molar-refractivity contribution in [2.45, 2.75) is 0 Å². The van der Waals surface area contributed by atoms with Crippen LogP contribution in [0.3, 0.4) is 0 Å². The number of ether oxygens (including phenoxy) is 3. The van der Waals surface area contributed by atoms with Crippen LogP contribution >= 0.6 is 11.8 Å². The molecule has 10 nitrogen and oxygen atoms in total. The Labute approximate surface area is 234 Å². The number of morpholine rings is 1. The molecule has 0 spiro atoms. The standard InChI is InChI=1S/C29H27N3O7S/c1-37-24-15-19(9-10-23(24)39-18-27(34)31-11-13-38-14-12-31)16-25-28(35)32(29(36)40-25)17-26(33)30-22-8-4-6-20-5-2-3-7-21(20)22/h2-10,15-16H,11-14,17-18H2,1H3,(H,30,33)/b25-16-. The number of methoxy groups -OCH3 is 1. The molecule has 5 rings (SSSR count). The molecule has 1 N–H and O–H groups in total. The third kappa shape index (κ3) is 6.11. The zero-order valence-corrected chi connectivity index (χ0v) is 22.6. The molecule has 2 heterocycles. The molecule has 0 radical (unpaired) electrons. The summed E-state index contributed by atoms with van der Waals surface area (Å²) in [7, 11) is 1.47. The van der Waals surface area contributed by atoms with E-state index < -0.39 is 23.6 Å². The van der Waals surface area contributed by atoms with Crippen LogP contribution < -0.4 is 14.8 Å². The molecular formula is C29H27N3O7S. The van der Waals surface area contributed by atoms with Crippen molar-refractivity contribution in [3.05, 3.63) is 71.1 Å². The molecule has 2 fully saturated rings. The maximum Gasteiger partial charge on any atom is 0.294 e. The predicted molar refractivity (Wildman–Crippen MR) is 151 cm³/mol. The molecule has 0 bridgehead atoms. The molecule has 0 saturated carbocycles. The first-order valence-corrected chi connectivity index (χ1v) is 13.4. The number of thioether (sulfide) groups is 1. The van der Waals surface area contributed by atoms with Crippen LogP contribution in [0.5, 0.6) is 11.5 Å². The second-order valence-electron chi connectivity index (χ2n) is 9.03. The Morgan fingerprint density at radius 3 is 2.60 bits per heavy atom. The van der Waals surface area contributed by atoms with Crippen LogP contribution in [0.2, 0.25) is 0 Å². The Hall–Kier alpha value is -4.35. The second-order valence-corrected chi connectivity index (χ2v) is 10.0. The third-order valence-electron chi connectivity index (χ3n) is 6.44. The summed E-state index contributed by atoms with van der Waals surface area (Å²) in [5.41, 5.74) is 1.20. The van der Waals surface area contributed by atoms with Gasteiger partial charge in [-0.3, -0.25) is 24.1 Å². The van der Waals surface area contributed by atoms with E-state index >= 15 is 0 Å². The molecule has 0 atom stereocenters. The van der Waals surface area contributed by atoms with Crippen molar-refractivity contribution >= 4 is 57.3 Å². The molecule has 40 heavy (non-hydrogen) atoms. The van der Waals surface area contributed by atoms with Crippen molar-refractivity contribution in [2.75, 3.05) is 51.9 Å². The van der Waals surface area contributed by atoms with Gasteiger partial charge in [0.05, 0.1) is 25.2 Å². The van der Waals surface area contributed by atoms with Crippen molar-refractivity contribution < 1.29 is 33.4 Å². The van der Waals surface area contributed by atoms with Crippen LogP contribution in [0, 0.1) is 0 Å². The number of fused-ring (bicyclic) bond motifs is 1. The van der Waals surface area contributed by atoms with E-state index in [0.717, 1.165) is 27.4 Å². The van der Waals surface area contributed by atoms with Crippen LogP contribution in [-0.2, 0) is 19.1 Å². The predicted octanol–water partition coefficient (Wildman–Crippen LogP) is 3.76. The highest BCUT2D eigenvalue weighted by atomic mass is 32.2. The van der Waals surface area contributed by atoms with Gasteiger partial charge in [0, 0.05) is 24.2 Å². The molecular weight excluding hydrogens is 534 g/mol. The van der Waals surface area contributed by atoms with Gasteiger partial charge in [0.15, 0.2) is 18.1 Å². The van der Waals surface area contributed by atoms with E-state index in [2.05, 4.69) is 5.32 Å². The van der Waals surface area contributed by atoms with Gasteiger partial charge in [-0.15, -0.1) is 0 Å². The molecule has 0 unspecified atom stereocenters. The van der Waals surface area contributed by atoms with Gasteiger partial charge in [0.1, 0.15) is 6.54 Å². The molecule has 0 aliphatic carbocycles. The zero-order chi connectivity index (χ0) is 28.1. The molecule has 2 aliphatic rings. The van der Waals surface area contributed by atoms with E-state index in [1.807, 2.05) is 36.4 Å². The van der Waals surface area contributed by atoms with E-state index in [0.29, 0.717) is 49.1 Å². The fraction of sp³-hybridized carbons (Fsp3) is 0.241. The van der Waals surface area contributed by atoms with Gasteiger partial charge in [0.2, 0.25) is 5.91 Å². The lowest BCUT2D eigenvalue weighted by Gasteiger charge is -2.26. The summed E-state index contributed by atoms with van der Waals surface area (Å²) in [4.78, 5) is 53.5. The molecule has 2 aliphatic heterocycles. The number of anilines is 1. The van der Waals surface area contributed by atoms with Crippen LogP contribution in [0.25, 0.3) is 16.8 Å². The van der Waals surface area contributed by atoms with Crippen LogP contribution in [0.15, 0.2) is 65.6 Å². The Balaban J connectivity index is 1.23. The van der Waals surface area contributed by atoms with Gasteiger partial charge in [-0.1, -0.05) is 42.5 Å². The number of imide groups is 1. The van der Waals surface area contributed by atoms with Crippen molar-refractivity contribution in [3.63, 3.8) is 0 Å². The first-order valence-electron chi connectivity index (χ1n) is 12.6. The van der Waals surface area contributed by atoms with Crippen molar-refractivity contribution in [1.29, 1.82) is 0 Å².